The average molecular weight is 342 g/mol. The molecular formula is C16H22N8O. The molecule has 1 aliphatic rings. The number of fused-ring (bicyclic) bond motifs is 1. The van der Waals surface area contributed by atoms with Crippen molar-refractivity contribution in [3.63, 3.8) is 0 Å². The first kappa shape index (κ1) is 15.8. The molecule has 3 N–H and O–H groups in total. The Morgan fingerprint density at radius 2 is 2.24 bits per heavy atom. The Balaban J connectivity index is 1.82. The van der Waals surface area contributed by atoms with Crippen LogP contribution in [0.5, 0.6) is 0 Å². The summed E-state index contributed by atoms with van der Waals surface area (Å²) in [6.07, 6.45) is 4.52. The molecule has 25 heavy (non-hydrogen) atoms. The Hall–Kier alpha value is -2.68. The minimum atomic E-state index is 0.212. The van der Waals surface area contributed by atoms with Gasteiger partial charge < -0.3 is 15.8 Å². The van der Waals surface area contributed by atoms with E-state index >= 15 is 0 Å². The molecule has 0 saturated carbocycles. The van der Waals surface area contributed by atoms with E-state index in [2.05, 4.69) is 39.2 Å². The Kier molecular flexibility index (Phi) is 4.00. The first-order valence-electron chi connectivity index (χ1n) is 8.50. The summed E-state index contributed by atoms with van der Waals surface area (Å²) < 4.78 is 9.16. The summed E-state index contributed by atoms with van der Waals surface area (Å²) in [7, 11) is 0. The van der Waals surface area contributed by atoms with E-state index in [0.717, 1.165) is 19.6 Å². The van der Waals surface area contributed by atoms with Gasteiger partial charge in [-0.3, -0.25) is 4.57 Å². The molecule has 0 amide bonds. The Bertz CT molecular complexity index is 864. The molecule has 1 saturated heterocycles. The molecule has 1 fully saturated rings. The van der Waals surface area contributed by atoms with E-state index in [1.165, 1.54) is 0 Å². The lowest BCUT2D eigenvalue weighted by atomic mass is 10.2. The van der Waals surface area contributed by atoms with Crippen molar-refractivity contribution in [3.8, 4) is 5.95 Å². The van der Waals surface area contributed by atoms with Crippen molar-refractivity contribution < 1.29 is 4.74 Å². The first-order valence-corrected chi connectivity index (χ1v) is 8.50. The zero-order valence-electron chi connectivity index (χ0n) is 14.4. The highest BCUT2D eigenvalue weighted by atomic mass is 16.5. The molecule has 0 aromatic carbocycles. The van der Waals surface area contributed by atoms with Gasteiger partial charge in [-0.1, -0.05) is 13.8 Å². The largest absolute Gasteiger partial charge is 0.382 e. The van der Waals surface area contributed by atoms with Crippen molar-refractivity contribution in [1.29, 1.82) is 0 Å². The SMILES string of the molecule is CC(C)Cn1c(-n2cccn2)nc2c(N)nc(NC3CCOC3)nc21. The highest BCUT2D eigenvalue weighted by Crippen LogP contribution is 2.24. The maximum Gasteiger partial charge on any atom is 0.233 e. The molecule has 0 radical (unpaired) electrons. The summed E-state index contributed by atoms with van der Waals surface area (Å²) in [5.74, 6) is 1.98. The van der Waals surface area contributed by atoms with Gasteiger partial charge in [-0.15, -0.1) is 0 Å². The number of hydrogen-bond acceptors (Lipinski definition) is 7. The van der Waals surface area contributed by atoms with Gasteiger partial charge in [-0.2, -0.15) is 15.1 Å². The van der Waals surface area contributed by atoms with Crippen molar-refractivity contribution in [2.24, 2.45) is 5.92 Å². The first-order chi connectivity index (χ1) is 12.1. The number of nitrogens with two attached hydrogens (primary N) is 1. The van der Waals surface area contributed by atoms with Crippen molar-refractivity contribution in [1.82, 2.24) is 29.3 Å². The zero-order chi connectivity index (χ0) is 17.4. The average Bonchev–Trinajstić information content (AvgIpc) is 3.28. The van der Waals surface area contributed by atoms with E-state index in [1.807, 2.05) is 16.8 Å². The van der Waals surface area contributed by atoms with Gasteiger partial charge in [0.05, 0.1) is 12.6 Å². The zero-order valence-corrected chi connectivity index (χ0v) is 14.4. The summed E-state index contributed by atoms with van der Waals surface area (Å²) in [5, 5.41) is 7.60. The highest BCUT2D eigenvalue weighted by molar-refractivity contribution is 5.84. The van der Waals surface area contributed by atoms with Gasteiger partial charge >= 0.3 is 0 Å². The van der Waals surface area contributed by atoms with Gasteiger partial charge in [-0.05, 0) is 18.4 Å². The van der Waals surface area contributed by atoms with Crippen LogP contribution in [0.25, 0.3) is 17.1 Å². The quantitative estimate of drug-likeness (QED) is 0.722. The van der Waals surface area contributed by atoms with Crippen molar-refractivity contribution in [2.75, 3.05) is 24.3 Å². The number of nitrogens with zero attached hydrogens (tertiary/aromatic N) is 6. The number of anilines is 2. The fourth-order valence-electron chi connectivity index (χ4n) is 3.00. The number of ether oxygens (including phenoxy) is 1. The number of hydrogen-bond donors (Lipinski definition) is 2. The van der Waals surface area contributed by atoms with Crippen molar-refractivity contribution in [3.05, 3.63) is 18.5 Å². The minimum Gasteiger partial charge on any atom is -0.382 e. The normalized spacial score (nSPS) is 17.6. The number of rotatable bonds is 5. The molecule has 3 aromatic rings. The summed E-state index contributed by atoms with van der Waals surface area (Å²) in [5.41, 5.74) is 7.48. The molecule has 3 aromatic heterocycles. The van der Waals surface area contributed by atoms with E-state index < -0.39 is 0 Å². The van der Waals surface area contributed by atoms with E-state index in [4.69, 9.17) is 10.5 Å². The number of imidazole rings is 1. The molecule has 1 unspecified atom stereocenters. The third kappa shape index (κ3) is 3.02. The van der Waals surface area contributed by atoms with Crippen LogP contribution in [-0.4, -0.2) is 48.6 Å². The second-order valence-corrected chi connectivity index (χ2v) is 6.68. The smallest absolute Gasteiger partial charge is 0.233 e. The Morgan fingerprint density at radius 3 is 2.92 bits per heavy atom. The van der Waals surface area contributed by atoms with Gasteiger partial charge in [0.2, 0.25) is 11.9 Å². The monoisotopic (exact) mass is 342 g/mol. The molecule has 0 aliphatic carbocycles. The van der Waals surface area contributed by atoms with Crippen LogP contribution in [0.15, 0.2) is 18.5 Å². The van der Waals surface area contributed by atoms with Crippen molar-refractivity contribution in [2.45, 2.75) is 32.9 Å². The lowest BCUT2D eigenvalue weighted by molar-refractivity contribution is 0.195. The van der Waals surface area contributed by atoms with Crippen LogP contribution >= 0.6 is 0 Å². The number of nitrogen functional groups attached to an aromatic ring is 1. The Labute approximate surface area is 145 Å². The lowest BCUT2D eigenvalue weighted by Crippen LogP contribution is -2.21. The van der Waals surface area contributed by atoms with E-state index in [0.29, 0.717) is 41.4 Å². The molecule has 1 aliphatic heterocycles. The number of nitrogens with one attached hydrogen (secondary N) is 1. The maximum absolute atomic E-state index is 6.17. The van der Waals surface area contributed by atoms with E-state index in [9.17, 15) is 0 Å². The second-order valence-electron chi connectivity index (χ2n) is 6.68. The van der Waals surface area contributed by atoms with Gasteiger partial charge in [0.25, 0.3) is 0 Å². The van der Waals surface area contributed by atoms with Crippen LogP contribution in [0.1, 0.15) is 20.3 Å². The fourth-order valence-corrected chi connectivity index (χ4v) is 3.00. The molecule has 4 heterocycles. The van der Waals surface area contributed by atoms with Gasteiger partial charge in [0.15, 0.2) is 17.0 Å². The summed E-state index contributed by atoms with van der Waals surface area (Å²) in [6, 6.07) is 2.07. The van der Waals surface area contributed by atoms with Crippen LogP contribution in [-0.2, 0) is 11.3 Å². The molecule has 4 rings (SSSR count). The third-order valence-corrected chi connectivity index (χ3v) is 4.12. The molecule has 0 bridgehead atoms. The van der Waals surface area contributed by atoms with Crippen molar-refractivity contribution >= 4 is 22.9 Å². The van der Waals surface area contributed by atoms with Gasteiger partial charge in [0.1, 0.15) is 0 Å². The summed E-state index contributed by atoms with van der Waals surface area (Å²) in [6.45, 7) is 6.47. The van der Waals surface area contributed by atoms with Gasteiger partial charge in [-0.25, -0.2) is 9.67 Å². The molecule has 9 heteroatoms. The molecule has 0 spiro atoms. The molecule has 1 atom stereocenters. The predicted molar refractivity (Wildman–Crippen MR) is 94.5 cm³/mol. The third-order valence-electron chi connectivity index (χ3n) is 4.12. The van der Waals surface area contributed by atoms with Gasteiger partial charge in [0, 0.05) is 25.5 Å². The second kappa shape index (κ2) is 6.32. The molecule has 132 valence electrons. The summed E-state index contributed by atoms with van der Waals surface area (Å²) >= 11 is 0. The van der Waals surface area contributed by atoms with Crippen LogP contribution in [0, 0.1) is 5.92 Å². The number of aromatic nitrogens is 6. The predicted octanol–water partition coefficient (Wildman–Crippen LogP) is 1.45. The minimum absolute atomic E-state index is 0.212. The van der Waals surface area contributed by atoms with E-state index in [-0.39, 0.29) is 6.04 Å². The highest BCUT2D eigenvalue weighted by Gasteiger charge is 2.21. The van der Waals surface area contributed by atoms with Crippen LogP contribution in [0.4, 0.5) is 11.8 Å². The van der Waals surface area contributed by atoms with E-state index in [1.54, 1.807) is 10.9 Å². The molecular weight excluding hydrogens is 320 g/mol. The lowest BCUT2D eigenvalue weighted by Gasteiger charge is -2.13. The standard InChI is InChI=1S/C16H22N8O/c1-10(2)8-23-14-12(20-16(23)24-6-3-5-18-24)13(17)21-15(22-14)19-11-4-7-25-9-11/h3,5-6,10-11H,4,7-9H2,1-2H3,(H3,17,19,21,22). The Morgan fingerprint density at radius 1 is 1.36 bits per heavy atom. The van der Waals surface area contributed by atoms with Crippen LogP contribution < -0.4 is 11.1 Å². The topological polar surface area (TPSA) is 109 Å². The fraction of sp³-hybridized carbons (Fsp3) is 0.500. The molecule has 9 nitrogen and oxygen atoms in total. The summed E-state index contributed by atoms with van der Waals surface area (Å²) in [4.78, 5) is 13.7. The maximum atomic E-state index is 6.17. The van der Waals surface area contributed by atoms with Crippen LogP contribution in [0.3, 0.4) is 0 Å². The van der Waals surface area contributed by atoms with Crippen LogP contribution in [0.2, 0.25) is 0 Å².